The third-order valence-corrected chi connectivity index (χ3v) is 2.13. The van der Waals surface area contributed by atoms with Gasteiger partial charge in [0, 0.05) is 0 Å². The van der Waals surface area contributed by atoms with Gasteiger partial charge < -0.3 is 14.6 Å². The Hall–Kier alpha value is -0.610. The van der Waals surface area contributed by atoms with Crippen LogP contribution in [0.4, 0.5) is 0 Å². The van der Waals surface area contributed by atoms with Crippen LogP contribution in [0.15, 0.2) is 0 Å². The van der Waals surface area contributed by atoms with E-state index in [-0.39, 0.29) is 18.2 Å². The quantitative estimate of drug-likeness (QED) is 0.685. The lowest BCUT2D eigenvalue weighted by Crippen LogP contribution is -2.33. The fourth-order valence-corrected chi connectivity index (χ4v) is 1.31. The molecule has 0 aliphatic carbocycles. The fourth-order valence-electron chi connectivity index (χ4n) is 1.31. The van der Waals surface area contributed by atoms with E-state index in [1.807, 2.05) is 20.8 Å². The van der Waals surface area contributed by atoms with Gasteiger partial charge in [-0.05, 0) is 27.2 Å². The van der Waals surface area contributed by atoms with Crippen molar-refractivity contribution in [1.29, 1.82) is 0 Å². The normalized spacial score (nSPS) is 24.9. The van der Waals surface area contributed by atoms with Crippen LogP contribution in [0.3, 0.4) is 0 Å². The second kappa shape index (κ2) is 4.28. The maximum Gasteiger partial charge on any atom is 0.311 e. The summed E-state index contributed by atoms with van der Waals surface area (Å²) in [6.45, 7) is 6.32. The highest BCUT2D eigenvalue weighted by Crippen LogP contribution is 2.20. The number of aliphatic hydroxyl groups excluding tert-OH is 1. The molecule has 1 aliphatic heterocycles. The van der Waals surface area contributed by atoms with Crippen LogP contribution in [0.5, 0.6) is 0 Å². The van der Waals surface area contributed by atoms with Crippen LogP contribution in [0.2, 0.25) is 0 Å². The summed E-state index contributed by atoms with van der Waals surface area (Å²) in [7, 11) is 0. The molecule has 1 heterocycles. The molecule has 0 aromatic heterocycles. The summed E-state index contributed by atoms with van der Waals surface area (Å²) in [5.74, 6) is -0.715. The molecule has 82 valence electrons. The van der Waals surface area contributed by atoms with E-state index in [9.17, 15) is 9.90 Å². The predicted molar refractivity (Wildman–Crippen MR) is 50.8 cm³/mol. The summed E-state index contributed by atoms with van der Waals surface area (Å²) in [6, 6.07) is 0. The first-order valence-corrected chi connectivity index (χ1v) is 4.89. The average molecular weight is 202 g/mol. The number of esters is 1. The zero-order valence-electron chi connectivity index (χ0n) is 8.95. The number of ether oxygens (including phenoxy) is 2. The third kappa shape index (κ3) is 3.27. The van der Waals surface area contributed by atoms with E-state index in [0.717, 1.165) is 0 Å². The molecule has 0 spiro atoms. The number of carbonyl (C=O) groups is 1. The second-order valence-electron chi connectivity index (χ2n) is 4.55. The third-order valence-electron chi connectivity index (χ3n) is 2.13. The van der Waals surface area contributed by atoms with Crippen LogP contribution < -0.4 is 0 Å². The molecule has 1 aliphatic rings. The Kier molecular flexibility index (Phi) is 3.50. The van der Waals surface area contributed by atoms with E-state index in [4.69, 9.17) is 9.47 Å². The summed E-state index contributed by atoms with van der Waals surface area (Å²) in [6.07, 6.45) is -0.155. The summed E-state index contributed by atoms with van der Waals surface area (Å²) in [4.78, 5) is 11.1. The zero-order valence-corrected chi connectivity index (χ0v) is 8.95. The topological polar surface area (TPSA) is 55.8 Å². The average Bonchev–Trinajstić information content (AvgIpc) is 2.46. The number of hydrogen-bond acceptors (Lipinski definition) is 4. The lowest BCUT2D eigenvalue weighted by molar-refractivity contribution is -0.146. The Bertz CT molecular complexity index is 207. The van der Waals surface area contributed by atoms with E-state index in [1.54, 1.807) is 0 Å². The van der Waals surface area contributed by atoms with Crippen LogP contribution in [0.1, 0.15) is 27.2 Å². The van der Waals surface area contributed by atoms with Crippen molar-refractivity contribution in [2.45, 2.75) is 38.9 Å². The Balaban J connectivity index is 2.34. The van der Waals surface area contributed by atoms with E-state index in [2.05, 4.69) is 0 Å². The first kappa shape index (κ1) is 11.5. The predicted octanol–water partition coefficient (Wildman–Crippen LogP) is 0.725. The number of carbonyl (C=O) groups excluding carboxylic acids is 1. The molecule has 1 saturated heterocycles. The van der Waals surface area contributed by atoms with Crippen molar-refractivity contribution in [1.82, 2.24) is 0 Å². The van der Waals surface area contributed by atoms with Crippen molar-refractivity contribution < 1.29 is 19.4 Å². The highest BCUT2D eigenvalue weighted by atomic mass is 16.5. The van der Waals surface area contributed by atoms with Crippen LogP contribution in [0.25, 0.3) is 0 Å². The van der Waals surface area contributed by atoms with Crippen LogP contribution in [-0.2, 0) is 14.3 Å². The molecular weight excluding hydrogens is 184 g/mol. The molecule has 2 atom stereocenters. The largest absolute Gasteiger partial charge is 0.465 e. The van der Waals surface area contributed by atoms with Crippen molar-refractivity contribution in [3.63, 3.8) is 0 Å². The number of rotatable bonds is 3. The molecule has 1 N–H and O–H groups in total. The van der Waals surface area contributed by atoms with Crippen molar-refractivity contribution in [2.75, 3.05) is 13.2 Å². The molecule has 0 radical (unpaired) electrons. The molecule has 4 nitrogen and oxygen atoms in total. The summed E-state index contributed by atoms with van der Waals surface area (Å²) >= 11 is 0. The second-order valence-corrected chi connectivity index (χ2v) is 4.55. The van der Waals surface area contributed by atoms with Crippen LogP contribution in [-0.4, -0.2) is 36.0 Å². The van der Waals surface area contributed by atoms with Gasteiger partial charge in [0.2, 0.25) is 0 Å². The molecule has 0 saturated carbocycles. The molecule has 0 bridgehead atoms. The maximum atomic E-state index is 11.1. The Morgan fingerprint density at radius 1 is 1.64 bits per heavy atom. The van der Waals surface area contributed by atoms with E-state index in [1.165, 1.54) is 0 Å². The summed E-state index contributed by atoms with van der Waals surface area (Å²) < 4.78 is 10.2. The smallest absolute Gasteiger partial charge is 0.311 e. The van der Waals surface area contributed by atoms with Gasteiger partial charge in [-0.2, -0.15) is 0 Å². The maximum absolute atomic E-state index is 11.1. The number of aliphatic hydroxyl groups is 1. The molecule has 1 fully saturated rings. The van der Waals surface area contributed by atoms with Crippen molar-refractivity contribution >= 4 is 5.97 Å². The molecule has 0 unspecified atom stereocenters. The van der Waals surface area contributed by atoms with Crippen LogP contribution >= 0.6 is 0 Å². The molecule has 14 heavy (non-hydrogen) atoms. The highest BCUT2D eigenvalue weighted by molar-refractivity contribution is 5.74. The fraction of sp³-hybridized carbons (Fsp3) is 0.900. The standard InChI is InChI=1S/C10H18O4/c1-10(2,3)14-6-8(11)7-4-5-13-9(7)12/h7-8,11H,4-6H2,1-3H3/t7-,8-/m0/s1. The summed E-state index contributed by atoms with van der Waals surface area (Å²) in [5, 5.41) is 9.66. The SMILES string of the molecule is CC(C)(C)OC[C@H](O)[C@@H]1CCOC1=O. The van der Waals surface area contributed by atoms with Gasteiger partial charge in [0.05, 0.1) is 30.8 Å². The summed E-state index contributed by atoms with van der Waals surface area (Å²) in [5.41, 5.74) is -0.288. The van der Waals surface area contributed by atoms with Gasteiger partial charge in [-0.15, -0.1) is 0 Å². The number of cyclic esters (lactones) is 1. The Morgan fingerprint density at radius 3 is 2.71 bits per heavy atom. The van der Waals surface area contributed by atoms with Gasteiger partial charge in [-0.3, -0.25) is 4.79 Å². The van der Waals surface area contributed by atoms with Gasteiger partial charge in [-0.1, -0.05) is 0 Å². The minimum atomic E-state index is -0.746. The van der Waals surface area contributed by atoms with Crippen molar-refractivity contribution in [3.05, 3.63) is 0 Å². The molecule has 0 aromatic rings. The van der Waals surface area contributed by atoms with Gasteiger partial charge in [-0.25, -0.2) is 0 Å². The van der Waals surface area contributed by atoms with E-state index >= 15 is 0 Å². The van der Waals surface area contributed by atoms with E-state index < -0.39 is 12.0 Å². The molecule has 4 heteroatoms. The van der Waals surface area contributed by atoms with Crippen molar-refractivity contribution in [2.24, 2.45) is 5.92 Å². The lowest BCUT2D eigenvalue weighted by atomic mass is 10.0. The first-order chi connectivity index (χ1) is 6.40. The number of hydrogen-bond donors (Lipinski definition) is 1. The van der Waals surface area contributed by atoms with Crippen LogP contribution in [0, 0.1) is 5.92 Å². The zero-order chi connectivity index (χ0) is 10.8. The van der Waals surface area contributed by atoms with E-state index in [0.29, 0.717) is 13.0 Å². The monoisotopic (exact) mass is 202 g/mol. The Morgan fingerprint density at radius 2 is 2.29 bits per heavy atom. The molecular formula is C10H18O4. The minimum absolute atomic E-state index is 0.184. The van der Waals surface area contributed by atoms with Gasteiger partial charge in [0.25, 0.3) is 0 Å². The highest BCUT2D eigenvalue weighted by Gasteiger charge is 2.33. The first-order valence-electron chi connectivity index (χ1n) is 4.89. The van der Waals surface area contributed by atoms with Gasteiger partial charge >= 0.3 is 5.97 Å². The molecule has 1 rings (SSSR count). The lowest BCUT2D eigenvalue weighted by Gasteiger charge is -2.23. The Labute approximate surface area is 84.2 Å². The molecule has 0 aromatic carbocycles. The minimum Gasteiger partial charge on any atom is -0.465 e. The molecule has 0 amide bonds. The van der Waals surface area contributed by atoms with Gasteiger partial charge in [0.15, 0.2) is 0 Å². The van der Waals surface area contributed by atoms with Gasteiger partial charge in [0.1, 0.15) is 0 Å². The van der Waals surface area contributed by atoms with Crippen molar-refractivity contribution in [3.8, 4) is 0 Å².